The predicted octanol–water partition coefficient (Wildman–Crippen LogP) is 3.67. The van der Waals surface area contributed by atoms with Crippen LogP contribution in [0.1, 0.15) is 22.2 Å². The van der Waals surface area contributed by atoms with E-state index in [9.17, 15) is 19.5 Å². The Labute approximate surface area is 168 Å². The number of rotatable bonds is 5. The normalized spacial score (nSPS) is 16.6. The Morgan fingerprint density at radius 2 is 2.00 bits per heavy atom. The van der Waals surface area contributed by atoms with E-state index in [1.165, 1.54) is 28.4 Å². The number of para-hydroxylation sites is 1. The van der Waals surface area contributed by atoms with Crippen molar-refractivity contribution in [3.63, 3.8) is 0 Å². The highest BCUT2D eigenvalue weighted by Crippen LogP contribution is 2.34. The highest BCUT2D eigenvalue weighted by Gasteiger charge is 2.38. The summed E-state index contributed by atoms with van der Waals surface area (Å²) >= 11 is 7.91. The number of carbonyl (C=O) groups is 3. The quantitative estimate of drug-likeness (QED) is 0.569. The van der Waals surface area contributed by atoms with Gasteiger partial charge in [0.2, 0.25) is 5.91 Å². The van der Waals surface area contributed by atoms with Gasteiger partial charge >= 0.3 is 5.97 Å². The lowest BCUT2D eigenvalue weighted by molar-refractivity contribution is -0.129. The number of amides is 2. The molecular formula is C18H14N2O4S3. The van der Waals surface area contributed by atoms with E-state index in [1.807, 2.05) is 17.5 Å². The second-order valence-electron chi connectivity index (χ2n) is 5.58. The van der Waals surface area contributed by atoms with Crippen molar-refractivity contribution < 1.29 is 19.5 Å². The summed E-state index contributed by atoms with van der Waals surface area (Å²) in [5.41, 5.74) is 0.141. The zero-order valence-electron chi connectivity index (χ0n) is 14.0. The summed E-state index contributed by atoms with van der Waals surface area (Å²) < 4.78 is 0.289. The summed E-state index contributed by atoms with van der Waals surface area (Å²) in [5.74, 6) is -2.01. The van der Waals surface area contributed by atoms with E-state index in [0.29, 0.717) is 4.91 Å². The van der Waals surface area contributed by atoms with Gasteiger partial charge in [0.25, 0.3) is 5.91 Å². The number of carbonyl (C=O) groups excluding carboxylic acids is 2. The lowest BCUT2D eigenvalue weighted by Crippen LogP contribution is -2.44. The van der Waals surface area contributed by atoms with Crippen molar-refractivity contribution in [1.82, 2.24) is 4.90 Å². The molecule has 1 atom stereocenters. The number of thioether (sulfide) groups is 1. The Kier molecular flexibility index (Phi) is 5.73. The first-order valence-corrected chi connectivity index (χ1v) is 9.92. The number of carboxylic acid groups (broad SMARTS) is 1. The molecule has 0 spiro atoms. The molecule has 138 valence electrons. The van der Waals surface area contributed by atoms with E-state index < -0.39 is 17.9 Å². The number of carboxylic acids is 1. The highest BCUT2D eigenvalue weighted by molar-refractivity contribution is 8.26. The fourth-order valence-electron chi connectivity index (χ4n) is 2.45. The Bertz CT molecular complexity index is 953. The maximum Gasteiger partial charge on any atom is 0.337 e. The molecule has 1 aliphatic heterocycles. The molecule has 1 saturated heterocycles. The first-order valence-electron chi connectivity index (χ1n) is 7.82. The molecule has 2 aromatic rings. The standard InChI is InChI=1S/C18H14N2O4S3/c1-10(15(21)19-13-7-3-2-6-12(13)17(23)24)20-16(22)14(27-18(20)25)9-11-5-4-8-26-11/h2-10H,1H3,(H,19,21)(H,23,24)/b14-9+/t10-/m1/s1. The van der Waals surface area contributed by atoms with Gasteiger partial charge in [-0.1, -0.05) is 42.2 Å². The van der Waals surface area contributed by atoms with Crippen molar-refractivity contribution >= 4 is 69.2 Å². The number of benzene rings is 1. The number of anilines is 1. The van der Waals surface area contributed by atoms with E-state index in [1.54, 1.807) is 25.1 Å². The maximum atomic E-state index is 12.7. The molecule has 2 amide bonds. The lowest BCUT2D eigenvalue weighted by atomic mass is 10.1. The van der Waals surface area contributed by atoms with Crippen LogP contribution >= 0.6 is 35.3 Å². The van der Waals surface area contributed by atoms with Crippen LogP contribution in [0.2, 0.25) is 0 Å². The predicted molar refractivity (Wildman–Crippen MR) is 111 cm³/mol. The van der Waals surface area contributed by atoms with E-state index in [-0.39, 0.29) is 21.5 Å². The summed E-state index contributed by atoms with van der Waals surface area (Å²) in [7, 11) is 0. The Balaban J connectivity index is 1.78. The third-order valence-electron chi connectivity index (χ3n) is 3.82. The van der Waals surface area contributed by atoms with Crippen LogP contribution in [0.4, 0.5) is 5.69 Å². The summed E-state index contributed by atoms with van der Waals surface area (Å²) in [4.78, 5) is 39.2. The minimum absolute atomic E-state index is 0.0268. The van der Waals surface area contributed by atoms with E-state index >= 15 is 0 Å². The van der Waals surface area contributed by atoms with Crippen LogP contribution in [-0.4, -0.2) is 38.2 Å². The third kappa shape index (κ3) is 4.10. The van der Waals surface area contributed by atoms with Crippen molar-refractivity contribution in [2.45, 2.75) is 13.0 Å². The number of thiocarbonyl (C=S) groups is 1. The summed E-state index contributed by atoms with van der Waals surface area (Å²) in [6.07, 6.45) is 1.74. The molecule has 6 nitrogen and oxygen atoms in total. The molecule has 3 rings (SSSR count). The van der Waals surface area contributed by atoms with Crippen LogP contribution in [0.3, 0.4) is 0 Å². The topological polar surface area (TPSA) is 86.7 Å². The van der Waals surface area contributed by atoms with E-state index in [2.05, 4.69) is 5.32 Å². The minimum Gasteiger partial charge on any atom is -0.478 e. The van der Waals surface area contributed by atoms with Crippen molar-refractivity contribution in [1.29, 1.82) is 0 Å². The molecule has 2 heterocycles. The monoisotopic (exact) mass is 418 g/mol. The number of nitrogens with zero attached hydrogens (tertiary/aromatic N) is 1. The van der Waals surface area contributed by atoms with E-state index in [0.717, 1.165) is 16.6 Å². The number of hydrogen-bond donors (Lipinski definition) is 2. The molecule has 9 heteroatoms. The molecule has 0 bridgehead atoms. The number of aromatic carboxylic acids is 1. The fourth-order valence-corrected chi connectivity index (χ4v) is 4.59. The summed E-state index contributed by atoms with van der Waals surface area (Å²) in [6, 6.07) is 8.97. The van der Waals surface area contributed by atoms with Gasteiger partial charge in [-0.05, 0) is 36.6 Å². The van der Waals surface area contributed by atoms with Crippen LogP contribution in [0.25, 0.3) is 6.08 Å². The smallest absolute Gasteiger partial charge is 0.337 e. The second-order valence-corrected chi connectivity index (χ2v) is 8.24. The zero-order valence-corrected chi connectivity index (χ0v) is 16.5. The molecule has 1 aromatic heterocycles. The van der Waals surface area contributed by atoms with Gasteiger partial charge < -0.3 is 10.4 Å². The van der Waals surface area contributed by atoms with Gasteiger partial charge in [0, 0.05) is 4.88 Å². The summed E-state index contributed by atoms with van der Waals surface area (Å²) in [5, 5.41) is 13.7. The van der Waals surface area contributed by atoms with Gasteiger partial charge in [0.15, 0.2) is 0 Å². The Morgan fingerprint density at radius 3 is 2.67 bits per heavy atom. The molecule has 1 aliphatic rings. The molecular weight excluding hydrogens is 404 g/mol. The number of hydrogen-bond acceptors (Lipinski definition) is 6. The molecule has 1 fully saturated rings. The van der Waals surface area contributed by atoms with Gasteiger partial charge in [0.1, 0.15) is 10.4 Å². The summed E-state index contributed by atoms with van der Waals surface area (Å²) in [6.45, 7) is 1.55. The van der Waals surface area contributed by atoms with Gasteiger partial charge in [0.05, 0.1) is 16.2 Å². The first kappa shape index (κ1) is 19.3. The minimum atomic E-state index is -1.15. The number of nitrogens with one attached hydrogen (secondary N) is 1. The molecule has 0 saturated carbocycles. The van der Waals surface area contributed by atoms with E-state index in [4.69, 9.17) is 12.2 Å². The average molecular weight is 419 g/mol. The number of thiophene rings is 1. The third-order valence-corrected chi connectivity index (χ3v) is 5.97. The molecule has 0 unspecified atom stereocenters. The van der Waals surface area contributed by atoms with Gasteiger partial charge in [-0.3, -0.25) is 14.5 Å². The van der Waals surface area contributed by atoms with Crippen LogP contribution in [0.15, 0.2) is 46.7 Å². The Morgan fingerprint density at radius 1 is 1.26 bits per heavy atom. The lowest BCUT2D eigenvalue weighted by Gasteiger charge is -2.22. The van der Waals surface area contributed by atoms with Gasteiger partial charge in [-0.15, -0.1) is 11.3 Å². The fraction of sp³-hybridized carbons (Fsp3) is 0.111. The largest absolute Gasteiger partial charge is 0.478 e. The molecule has 2 N–H and O–H groups in total. The first-order chi connectivity index (χ1) is 12.9. The highest BCUT2D eigenvalue weighted by atomic mass is 32.2. The molecule has 1 aromatic carbocycles. The van der Waals surface area contributed by atoms with Crippen LogP contribution in [0.5, 0.6) is 0 Å². The van der Waals surface area contributed by atoms with Crippen molar-refractivity contribution in [2.24, 2.45) is 0 Å². The maximum absolute atomic E-state index is 12.7. The van der Waals surface area contributed by atoms with Crippen molar-refractivity contribution in [3.05, 3.63) is 57.1 Å². The van der Waals surface area contributed by atoms with Gasteiger partial charge in [-0.2, -0.15) is 0 Å². The second kappa shape index (κ2) is 8.03. The molecule has 0 aliphatic carbocycles. The zero-order chi connectivity index (χ0) is 19.6. The SMILES string of the molecule is C[C@H](C(=O)Nc1ccccc1C(=O)O)N1C(=O)/C(=C\c2cccs2)SC1=S. The Hall–Kier alpha value is -2.49. The average Bonchev–Trinajstić information content (AvgIpc) is 3.23. The molecule has 27 heavy (non-hydrogen) atoms. The van der Waals surface area contributed by atoms with Crippen molar-refractivity contribution in [2.75, 3.05) is 5.32 Å². The van der Waals surface area contributed by atoms with Crippen LogP contribution < -0.4 is 5.32 Å². The van der Waals surface area contributed by atoms with Gasteiger partial charge in [-0.25, -0.2) is 4.79 Å². The molecule has 0 radical (unpaired) electrons. The van der Waals surface area contributed by atoms with Crippen molar-refractivity contribution in [3.8, 4) is 0 Å². The van der Waals surface area contributed by atoms with Crippen LogP contribution in [0, 0.1) is 0 Å². The van der Waals surface area contributed by atoms with Crippen LogP contribution in [-0.2, 0) is 9.59 Å².